The molecule has 0 amide bonds. The summed E-state index contributed by atoms with van der Waals surface area (Å²) in [6.45, 7) is 0.481. The van der Waals surface area contributed by atoms with Crippen LogP contribution in [0.4, 0.5) is 19.0 Å². The maximum atomic E-state index is 12.1. The van der Waals surface area contributed by atoms with E-state index in [9.17, 15) is 13.2 Å². The highest BCUT2D eigenvalue weighted by Crippen LogP contribution is 2.21. The van der Waals surface area contributed by atoms with E-state index in [-0.39, 0.29) is 10.8 Å². The largest absolute Gasteiger partial charge is 0.405 e. The second-order valence-electron chi connectivity index (χ2n) is 3.27. The monoisotopic (exact) mass is 252 g/mol. The van der Waals surface area contributed by atoms with Crippen molar-refractivity contribution in [2.75, 3.05) is 11.9 Å². The van der Waals surface area contributed by atoms with Crippen molar-refractivity contribution >= 4 is 23.0 Å². The first-order chi connectivity index (χ1) is 7.22. The van der Waals surface area contributed by atoms with Gasteiger partial charge in [0.25, 0.3) is 0 Å². The van der Waals surface area contributed by atoms with Crippen LogP contribution in [-0.2, 0) is 7.05 Å². The summed E-state index contributed by atoms with van der Waals surface area (Å²) in [5.74, 6) is 0.183. The average Bonchev–Trinajstić information content (AvgIpc) is 2.35. The van der Waals surface area contributed by atoms with Crippen molar-refractivity contribution in [2.45, 2.75) is 13.1 Å². The predicted molar refractivity (Wildman–Crippen MR) is 58.4 cm³/mol. The Kier molecular flexibility index (Phi) is 3.41. The van der Waals surface area contributed by atoms with Gasteiger partial charge in [0.1, 0.15) is 17.4 Å². The second kappa shape index (κ2) is 4.28. The lowest BCUT2D eigenvalue weighted by Gasteiger charge is -2.11. The van der Waals surface area contributed by atoms with Crippen LogP contribution in [0.3, 0.4) is 0 Å². The summed E-state index contributed by atoms with van der Waals surface area (Å²) in [4.78, 5) is 0.0234. The zero-order valence-corrected chi connectivity index (χ0v) is 9.54. The average molecular weight is 252 g/mol. The van der Waals surface area contributed by atoms with E-state index in [0.717, 1.165) is 0 Å². The normalized spacial score (nSPS) is 11.6. The third kappa shape index (κ3) is 2.84. The van der Waals surface area contributed by atoms with Gasteiger partial charge in [-0.25, -0.2) is 0 Å². The van der Waals surface area contributed by atoms with E-state index >= 15 is 0 Å². The van der Waals surface area contributed by atoms with Crippen LogP contribution >= 0.6 is 12.2 Å². The Labute approximate surface area is 95.6 Å². The second-order valence-corrected chi connectivity index (χ2v) is 3.71. The van der Waals surface area contributed by atoms with E-state index in [2.05, 4.69) is 10.4 Å². The summed E-state index contributed by atoms with van der Waals surface area (Å²) >= 11 is 4.76. The maximum absolute atomic E-state index is 12.1. The van der Waals surface area contributed by atoms with E-state index in [1.165, 1.54) is 11.7 Å². The number of halogens is 3. The fraction of sp³-hybridized carbons (Fsp3) is 0.500. The molecule has 0 aliphatic heterocycles. The molecule has 0 aromatic carbocycles. The molecule has 0 fully saturated rings. The van der Waals surface area contributed by atoms with Crippen LogP contribution in [0.2, 0.25) is 0 Å². The van der Waals surface area contributed by atoms with Crippen LogP contribution in [0, 0.1) is 6.92 Å². The molecule has 3 N–H and O–H groups in total. The van der Waals surface area contributed by atoms with Gasteiger partial charge < -0.3 is 11.1 Å². The number of nitrogens with zero attached hydrogens (tertiary/aromatic N) is 2. The molecule has 16 heavy (non-hydrogen) atoms. The Morgan fingerprint density at radius 3 is 2.56 bits per heavy atom. The standard InChI is InChI=1S/C8H11F3N4S/c1-4-5(6(12)16)7(15(2)14-4)13-3-8(9,10)11/h13H,3H2,1-2H3,(H2,12,16). The van der Waals surface area contributed by atoms with Gasteiger partial charge in [-0.2, -0.15) is 18.3 Å². The molecule has 8 heteroatoms. The van der Waals surface area contributed by atoms with Crippen LogP contribution < -0.4 is 11.1 Å². The molecule has 0 aliphatic rings. The molecule has 0 aliphatic carbocycles. The Morgan fingerprint density at radius 1 is 1.56 bits per heavy atom. The SMILES string of the molecule is Cc1nn(C)c(NCC(F)(F)F)c1C(N)=S. The van der Waals surface area contributed by atoms with Gasteiger partial charge in [-0.15, -0.1) is 0 Å². The van der Waals surface area contributed by atoms with Gasteiger partial charge in [-0.1, -0.05) is 12.2 Å². The molecule has 0 unspecified atom stereocenters. The van der Waals surface area contributed by atoms with Gasteiger partial charge in [0.2, 0.25) is 0 Å². The van der Waals surface area contributed by atoms with Crippen molar-refractivity contribution in [3.63, 3.8) is 0 Å². The summed E-state index contributed by atoms with van der Waals surface area (Å²) in [6.07, 6.45) is -4.30. The first kappa shape index (κ1) is 12.8. The molecule has 1 aromatic heterocycles. The molecular formula is C8H11F3N4S. The fourth-order valence-corrected chi connectivity index (χ4v) is 1.58. The van der Waals surface area contributed by atoms with E-state index in [4.69, 9.17) is 18.0 Å². The Balaban J connectivity index is 2.99. The quantitative estimate of drug-likeness (QED) is 0.797. The summed E-state index contributed by atoms with van der Waals surface area (Å²) < 4.78 is 37.5. The van der Waals surface area contributed by atoms with E-state index < -0.39 is 12.7 Å². The van der Waals surface area contributed by atoms with Crippen LogP contribution in [-0.4, -0.2) is 27.5 Å². The molecule has 1 aromatic rings. The Bertz CT molecular complexity index is 410. The third-order valence-corrected chi connectivity index (χ3v) is 2.13. The van der Waals surface area contributed by atoms with E-state index in [1.54, 1.807) is 6.92 Å². The predicted octanol–water partition coefficient (Wildman–Crippen LogP) is 1.34. The molecule has 0 saturated carbocycles. The van der Waals surface area contributed by atoms with Crippen LogP contribution in [0.1, 0.15) is 11.3 Å². The number of rotatable bonds is 3. The van der Waals surface area contributed by atoms with Crippen molar-refractivity contribution in [3.8, 4) is 0 Å². The number of nitrogens with one attached hydrogen (secondary N) is 1. The minimum atomic E-state index is -4.30. The fourth-order valence-electron chi connectivity index (χ4n) is 1.34. The van der Waals surface area contributed by atoms with Crippen molar-refractivity contribution in [1.29, 1.82) is 0 Å². The lowest BCUT2D eigenvalue weighted by molar-refractivity contribution is -0.115. The van der Waals surface area contributed by atoms with Crippen LogP contribution in [0.25, 0.3) is 0 Å². The number of thiocarbonyl (C=S) groups is 1. The first-order valence-corrected chi connectivity index (χ1v) is 4.77. The lowest BCUT2D eigenvalue weighted by atomic mass is 10.2. The van der Waals surface area contributed by atoms with Crippen LogP contribution in [0.15, 0.2) is 0 Å². The van der Waals surface area contributed by atoms with Gasteiger partial charge in [0, 0.05) is 7.05 Å². The van der Waals surface area contributed by atoms with E-state index in [0.29, 0.717) is 11.3 Å². The number of hydrogen-bond donors (Lipinski definition) is 2. The molecule has 90 valence electrons. The molecule has 0 saturated heterocycles. The molecular weight excluding hydrogens is 241 g/mol. The van der Waals surface area contributed by atoms with Crippen LogP contribution in [0.5, 0.6) is 0 Å². The van der Waals surface area contributed by atoms with Crippen molar-refractivity contribution in [2.24, 2.45) is 12.8 Å². The first-order valence-electron chi connectivity index (χ1n) is 4.36. The highest BCUT2D eigenvalue weighted by Gasteiger charge is 2.28. The summed E-state index contributed by atoms with van der Waals surface area (Å²) in [6, 6.07) is 0. The van der Waals surface area contributed by atoms with Gasteiger partial charge in [-0.3, -0.25) is 4.68 Å². The smallest absolute Gasteiger partial charge is 0.389 e. The summed E-state index contributed by atoms with van der Waals surface area (Å²) in [5.41, 5.74) is 6.27. The highest BCUT2D eigenvalue weighted by atomic mass is 32.1. The number of nitrogens with two attached hydrogens (primary N) is 1. The van der Waals surface area contributed by atoms with E-state index in [1.807, 2.05) is 0 Å². The third-order valence-electron chi connectivity index (χ3n) is 1.92. The van der Waals surface area contributed by atoms with Gasteiger partial charge in [0.05, 0.1) is 11.3 Å². The molecule has 0 bridgehead atoms. The minimum absolute atomic E-state index is 0.0234. The number of alkyl halides is 3. The Hall–Kier alpha value is -1.31. The molecule has 0 spiro atoms. The van der Waals surface area contributed by atoms with Crippen molar-refractivity contribution in [1.82, 2.24) is 9.78 Å². The maximum Gasteiger partial charge on any atom is 0.405 e. The molecule has 1 rings (SSSR count). The lowest BCUT2D eigenvalue weighted by Crippen LogP contribution is -2.24. The minimum Gasteiger partial charge on any atom is -0.389 e. The van der Waals surface area contributed by atoms with Gasteiger partial charge in [-0.05, 0) is 6.92 Å². The summed E-state index contributed by atoms with van der Waals surface area (Å²) in [5, 5.41) is 6.18. The van der Waals surface area contributed by atoms with Crippen molar-refractivity contribution < 1.29 is 13.2 Å². The summed E-state index contributed by atoms with van der Waals surface area (Å²) in [7, 11) is 1.52. The highest BCUT2D eigenvalue weighted by molar-refractivity contribution is 7.80. The molecule has 1 heterocycles. The van der Waals surface area contributed by atoms with Crippen molar-refractivity contribution in [3.05, 3.63) is 11.3 Å². The van der Waals surface area contributed by atoms with Gasteiger partial charge in [0.15, 0.2) is 0 Å². The number of anilines is 1. The molecule has 0 atom stereocenters. The number of aromatic nitrogens is 2. The topological polar surface area (TPSA) is 55.9 Å². The Morgan fingerprint density at radius 2 is 2.12 bits per heavy atom. The molecule has 4 nitrogen and oxygen atoms in total. The number of aryl methyl sites for hydroxylation is 2. The zero-order chi connectivity index (χ0) is 12.5. The molecule has 0 radical (unpaired) electrons. The number of hydrogen-bond acceptors (Lipinski definition) is 3. The zero-order valence-electron chi connectivity index (χ0n) is 8.72. The van der Waals surface area contributed by atoms with Gasteiger partial charge >= 0.3 is 6.18 Å².